The molecule has 1 aromatic carbocycles. The number of halogens is 1. The summed E-state index contributed by atoms with van der Waals surface area (Å²) in [6.07, 6.45) is 0.866. The Balaban J connectivity index is 2.47. The van der Waals surface area contributed by atoms with Gasteiger partial charge in [0, 0.05) is 12.6 Å². The summed E-state index contributed by atoms with van der Waals surface area (Å²) < 4.78 is 0.947. The molecule has 0 aliphatic carbocycles. The van der Waals surface area contributed by atoms with Crippen LogP contribution in [-0.4, -0.2) is 17.0 Å². The number of hydrogen-bond donors (Lipinski definition) is 1. The average molecular weight is 348 g/mol. The number of anilines is 1. The van der Waals surface area contributed by atoms with Gasteiger partial charge in [0.2, 0.25) is 0 Å². The van der Waals surface area contributed by atoms with Gasteiger partial charge in [-0.15, -0.1) is 0 Å². The highest BCUT2D eigenvalue weighted by atomic mass is 79.9. The largest absolute Gasteiger partial charge is 0.372 e. The monoisotopic (exact) mass is 347 g/mol. The average Bonchev–Trinajstić information content (AvgIpc) is 2.47. The second kappa shape index (κ2) is 6.14. The predicted octanol–water partition coefficient (Wildman–Crippen LogP) is 4.81. The first-order chi connectivity index (χ1) is 9.86. The fourth-order valence-electron chi connectivity index (χ4n) is 2.14. The van der Waals surface area contributed by atoms with Gasteiger partial charge in [0.15, 0.2) is 5.82 Å². The normalized spacial score (nSPS) is 11.5. The molecule has 0 spiro atoms. The summed E-state index contributed by atoms with van der Waals surface area (Å²) in [5, 5.41) is 3.12. The second-order valence-electron chi connectivity index (χ2n) is 6.09. The first kappa shape index (κ1) is 16.0. The van der Waals surface area contributed by atoms with Crippen LogP contribution in [0.25, 0.3) is 11.4 Å². The van der Waals surface area contributed by atoms with Crippen LogP contribution in [0.3, 0.4) is 0 Å². The molecule has 0 saturated carbocycles. The van der Waals surface area contributed by atoms with Crippen LogP contribution in [0.2, 0.25) is 0 Å². The molecule has 1 N–H and O–H groups in total. The Labute approximate surface area is 135 Å². The van der Waals surface area contributed by atoms with Crippen molar-refractivity contribution in [3.8, 4) is 11.4 Å². The lowest BCUT2D eigenvalue weighted by atomic mass is 9.87. The van der Waals surface area contributed by atoms with Crippen molar-refractivity contribution >= 4 is 21.7 Å². The number of aromatic nitrogens is 2. The van der Waals surface area contributed by atoms with Crippen molar-refractivity contribution in [3.05, 3.63) is 40.0 Å². The topological polar surface area (TPSA) is 37.8 Å². The fourth-order valence-corrected chi connectivity index (χ4v) is 2.80. The maximum atomic E-state index is 4.66. The minimum Gasteiger partial charge on any atom is -0.372 e. The van der Waals surface area contributed by atoms with E-state index in [4.69, 9.17) is 0 Å². The summed E-state index contributed by atoms with van der Waals surface area (Å²) >= 11 is 3.56. The zero-order valence-electron chi connectivity index (χ0n) is 13.3. The Morgan fingerprint density at radius 1 is 1.10 bits per heavy atom. The molecule has 21 heavy (non-hydrogen) atoms. The molecule has 0 unspecified atom stereocenters. The summed E-state index contributed by atoms with van der Waals surface area (Å²) in [5.41, 5.74) is 3.53. The van der Waals surface area contributed by atoms with E-state index in [-0.39, 0.29) is 5.41 Å². The minimum atomic E-state index is 0.157. The molecule has 3 nitrogen and oxygen atoms in total. The van der Waals surface area contributed by atoms with Crippen LogP contribution in [0.15, 0.2) is 28.7 Å². The number of rotatable bonds is 3. The molecular formula is C17H22BrN3. The molecule has 2 rings (SSSR count). The highest BCUT2D eigenvalue weighted by molar-refractivity contribution is 9.10. The lowest BCUT2D eigenvalue weighted by molar-refractivity contribution is 0.590. The van der Waals surface area contributed by atoms with E-state index in [1.807, 2.05) is 7.05 Å². The molecule has 0 bridgehead atoms. The van der Waals surface area contributed by atoms with Crippen LogP contribution in [0.4, 0.5) is 5.82 Å². The number of benzene rings is 1. The molecule has 0 atom stereocenters. The lowest BCUT2D eigenvalue weighted by Crippen LogP contribution is -2.10. The van der Waals surface area contributed by atoms with Crippen molar-refractivity contribution < 1.29 is 0 Å². The predicted molar refractivity (Wildman–Crippen MR) is 92.8 cm³/mol. The van der Waals surface area contributed by atoms with Crippen molar-refractivity contribution in [2.24, 2.45) is 0 Å². The van der Waals surface area contributed by atoms with Crippen LogP contribution in [-0.2, 0) is 11.8 Å². The molecule has 4 heteroatoms. The summed E-state index contributed by atoms with van der Waals surface area (Å²) in [6.45, 7) is 8.74. The van der Waals surface area contributed by atoms with Crippen molar-refractivity contribution in [1.82, 2.24) is 9.97 Å². The van der Waals surface area contributed by atoms with Gasteiger partial charge in [0.25, 0.3) is 0 Å². The van der Waals surface area contributed by atoms with E-state index in [9.17, 15) is 0 Å². The van der Waals surface area contributed by atoms with Gasteiger partial charge >= 0.3 is 0 Å². The zero-order valence-corrected chi connectivity index (χ0v) is 14.9. The Morgan fingerprint density at radius 3 is 2.19 bits per heavy atom. The van der Waals surface area contributed by atoms with Gasteiger partial charge in [0.05, 0.1) is 10.2 Å². The van der Waals surface area contributed by atoms with Crippen LogP contribution >= 0.6 is 15.9 Å². The quantitative estimate of drug-likeness (QED) is 0.865. The Hall–Kier alpha value is -1.42. The molecule has 1 aromatic heterocycles. The summed E-state index contributed by atoms with van der Waals surface area (Å²) in [7, 11) is 1.87. The molecule has 0 fully saturated rings. The number of nitrogens with one attached hydrogen (secondary N) is 1. The van der Waals surface area contributed by atoms with Gasteiger partial charge in [-0.3, -0.25) is 0 Å². The molecule has 0 aliphatic rings. The van der Waals surface area contributed by atoms with E-state index in [1.165, 1.54) is 5.56 Å². The maximum Gasteiger partial charge on any atom is 0.161 e. The third-order valence-electron chi connectivity index (χ3n) is 3.50. The van der Waals surface area contributed by atoms with Gasteiger partial charge in [-0.05, 0) is 33.3 Å². The first-order valence-electron chi connectivity index (χ1n) is 7.22. The lowest BCUT2D eigenvalue weighted by Gasteiger charge is -2.19. The highest BCUT2D eigenvalue weighted by Crippen LogP contribution is 2.29. The van der Waals surface area contributed by atoms with Gasteiger partial charge in [-0.1, -0.05) is 52.0 Å². The van der Waals surface area contributed by atoms with Crippen molar-refractivity contribution in [1.29, 1.82) is 0 Å². The molecule has 0 amide bonds. The standard InChI is InChI=1S/C17H22BrN3/c1-6-13-14(18)16(19-5)21-15(20-13)11-7-9-12(10-8-11)17(2,3)4/h7-10H,6H2,1-5H3,(H,19,20,21). The number of aryl methyl sites for hydroxylation is 1. The van der Waals surface area contributed by atoms with Gasteiger partial charge in [0.1, 0.15) is 5.82 Å². The molecule has 0 radical (unpaired) electrons. The molecular weight excluding hydrogens is 326 g/mol. The molecule has 0 aliphatic heterocycles. The zero-order chi connectivity index (χ0) is 15.6. The third-order valence-corrected chi connectivity index (χ3v) is 4.33. The minimum absolute atomic E-state index is 0.157. The van der Waals surface area contributed by atoms with Crippen LogP contribution in [0.5, 0.6) is 0 Å². The van der Waals surface area contributed by atoms with E-state index >= 15 is 0 Å². The molecule has 0 saturated heterocycles. The van der Waals surface area contributed by atoms with Gasteiger partial charge in [-0.2, -0.15) is 0 Å². The smallest absolute Gasteiger partial charge is 0.161 e. The SMILES string of the molecule is CCc1nc(-c2ccc(C(C)(C)C)cc2)nc(NC)c1Br. The Bertz CT molecular complexity index is 602. The molecule has 2 aromatic rings. The third kappa shape index (κ3) is 3.43. The number of hydrogen-bond acceptors (Lipinski definition) is 3. The van der Waals surface area contributed by atoms with E-state index in [0.29, 0.717) is 0 Å². The molecule has 1 heterocycles. The van der Waals surface area contributed by atoms with E-state index in [0.717, 1.165) is 33.8 Å². The summed E-state index contributed by atoms with van der Waals surface area (Å²) in [5.74, 6) is 1.59. The van der Waals surface area contributed by atoms with E-state index in [1.54, 1.807) is 0 Å². The molecule has 112 valence electrons. The summed E-state index contributed by atoms with van der Waals surface area (Å²) in [6, 6.07) is 8.52. The van der Waals surface area contributed by atoms with Gasteiger partial charge < -0.3 is 5.32 Å². The fraction of sp³-hybridized carbons (Fsp3) is 0.412. The first-order valence-corrected chi connectivity index (χ1v) is 8.01. The van der Waals surface area contributed by atoms with E-state index in [2.05, 4.69) is 83.2 Å². The van der Waals surface area contributed by atoms with Crippen molar-refractivity contribution in [2.45, 2.75) is 39.5 Å². The highest BCUT2D eigenvalue weighted by Gasteiger charge is 2.15. The van der Waals surface area contributed by atoms with Crippen molar-refractivity contribution in [2.75, 3.05) is 12.4 Å². The van der Waals surface area contributed by atoms with Crippen LogP contribution in [0, 0.1) is 0 Å². The number of nitrogens with zero attached hydrogens (tertiary/aromatic N) is 2. The Morgan fingerprint density at radius 2 is 1.71 bits per heavy atom. The Kier molecular flexibility index (Phi) is 4.67. The maximum absolute atomic E-state index is 4.66. The van der Waals surface area contributed by atoms with Crippen LogP contribution in [0.1, 0.15) is 39.0 Å². The van der Waals surface area contributed by atoms with Crippen molar-refractivity contribution in [3.63, 3.8) is 0 Å². The van der Waals surface area contributed by atoms with Crippen LogP contribution < -0.4 is 5.32 Å². The van der Waals surface area contributed by atoms with E-state index < -0.39 is 0 Å². The second-order valence-corrected chi connectivity index (χ2v) is 6.88. The van der Waals surface area contributed by atoms with Gasteiger partial charge in [-0.25, -0.2) is 9.97 Å². The summed E-state index contributed by atoms with van der Waals surface area (Å²) in [4.78, 5) is 9.26.